The normalized spacial score (nSPS) is 18.1. The van der Waals surface area contributed by atoms with Crippen molar-refractivity contribution in [3.05, 3.63) is 29.8 Å². The molecule has 1 aromatic carbocycles. The Hall–Kier alpha value is -1.93. The first-order valence-corrected chi connectivity index (χ1v) is 10.9. The van der Waals surface area contributed by atoms with Crippen LogP contribution in [-0.4, -0.2) is 51.0 Å². The lowest BCUT2D eigenvalue weighted by Crippen LogP contribution is -2.54. The van der Waals surface area contributed by atoms with Gasteiger partial charge in [-0.1, -0.05) is 26.0 Å². The maximum absolute atomic E-state index is 12.3. The molecule has 1 aromatic rings. The second kappa shape index (κ2) is 8.84. The van der Waals surface area contributed by atoms with Crippen molar-refractivity contribution in [2.45, 2.75) is 44.6 Å². The number of methoxy groups -OCH3 is 1. The van der Waals surface area contributed by atoms with Crippen LogP contribution < -0.4 is 10.6 Å². The van der Waals surface area contributed by atoms with Gasteiger partial charge < -0.3 is 15.4 Å². The summed E-state index contributed by atoms with van der Waals surface area (Å²) in [5, 5.41) is 5.92. The fraction of sp³-hybridized carbons (Fsp3) is 0.579. The van der Waals surface area contributed by atoms with Gasteiger partial charge in [0.1, 0.15) is 9.84 Å². The van der Waals surface area contributed by atoms with Crippen LogP contribution in [0.4, 0.5) is 5.69 Å². The number of carbonyl (C=O) groups excluding carboxylic acids is 2. The predicted octanol–water partition coefficient (Wildman–Crippen LogP) is 1.85. The van der Waals surface area contributed by atoms with Crippen molar-refractivity contribution >= 4 is 27.4 Å². The zero-order valence-corrected chi connectivity index (χ0v) is 16.9. The van der Waals surface area contributed by atoms with E-state index < -0.39 is 21.3 Å². The van der Waals surface area contributed by atoms with E-state index in [0.29, 0.717) is 11.6 Å². The maximum Gasteiger partial charge on any atom is 0.307 e. The lowest BCUT2D eigenvalue weighted by Gasteiger charge is -2.37. The molecule has 1 fully saturated rings. The highest BCUT2D eigenvalue weighted by molar-refractivity contribution is 7.91. The molecule has 0 unspecified atom stereocenters. The van der Waals surface area contributed by atoms with Gasteiger partial charge in [-0.05, 0) is 36.5 Å². The maximum atomic E-state index is 12.3. The van der Waals surface area contributed by atoms with Gasteiger partial charge in [-0.25, -0.2) is 8.42 Å². The first-order chi connectivity index (χ1) is 12.6. The van der Waals surface area contributed by atoms with Crippen LogP contribution in [0.5, 0.6) is 0 Å². The van der Waals surface area contributed by atoms with Gasteiger partial charge in [-0.2, -0.15) is 0 Å². The van der Waals surface area contributed by atoms with Crippen LogP contribution in [0.15, 0.2) is 24.3 Å². The molecule has 0 saturated carbocycles. The first kappa shape index (κ1) is 21.4. The van der Waals surface area contributed by atoms with Crippen LogP contribution in [0, 0.1) is 0 Å². The molecule has 0 atom stereocenters. The van der Waals surface area contributed by atoms with Crippen molar-refractivity contribution in [2.75, 3.05) is 30.5 Å². The zero-order chi connectivity index (χ0) is 20.1. The van der Waals surface area contributed by atoms with Crippen LogP contribution in [-0.2, 0) is 24.2 Å². The number of carbonyl (C=O) groups is 2. The fourth-order valence-electron chi connectivity index (χ4n) is 3.12. The minimum Gasteiger partial charge on any atom is -0.469 e. The molecule has 1 saturated heterocycles. The van der Waals surface area contributed by atoms with Gasteiger partial charge in [0.05, 0.1) is 31.6 Å². The number of hydrogen-bond acceptors (Lipinski definition) is 6. The Morgan fingerprint density at radius 1 is 1.15 bits per heavy atom. The third-order valence-corrected chi connectivity index (χ3v) is 6.63. The van der Waals surface area contributed by atoms with E-state index in [0.717, 1.165) is 0 Å². The Bertz CT molecular complexity index is 758. The number of nitrogens with one attached hydrogen (secondary N) is 2. The van der Waals surface area contributed by atoms with Crippen LogP contribution in [0.25, 0.3) is 0 Å². The lowest BCUT2D eigenvalue weighted by molar-refractivity contribution is -0.142. The molecule has 1 amide bonds. The van der Waals surface area contributed by atoms with E-state index in [4.69, 9.17) is 4.74 Å². The highest BCUT2D eigenvalue weighted by Crippen LogP contribution is 2.27. The molecule has 2 rings (SSSR count). The van der Waals surface area contributed by atoms with Gasteiger partial charge in [0.2, 0.25) is 5.91 Å². The van der Waals surface area contributed by atoms with Crippen molar-refractivity contribution in [3.8, 4) is 0 Å². The van der Waals surface area contributed by atoms with E-state index in [1.807, 2.05) is 24.3 Å². The number of ether oxygens (including phenoxy) is 1. The molecule has 0 aromatic heterocycles. The van der Waals surface area contributed by atoms with Crippen molar-refractivity contribution in [1.29, 1.82) is 0 Å². The summed E-state index contributed by atoms with van der Waals surface area (Å²) >= 11 is 0. The molecule has 1 aliphatic rings. The van der Waals surface area contributed by atoms with E-state index in [9.17, 15) is 18.0 Å². The van der Waals surface area contributed by atoms with Crippen LogP contribution in [0.1, 0.15) is 44.6 Å². The highest BCUT2D eigenvalue weighted by atomic mass is 32.2. The molecule has 150 valence electrons. The van der Waals surface area contributed by atoms with E-state index in [1.165, 1.54) is 12.7 Å². The summed E-state index contributed by atoms with van der Waals surface area (Å²) in [6.07, 6.45) is 0.594. The summed E-state index contributed by atoms with van der Waals surface area (Å²) in [7, 11) is -1.79. The van der Waals surface area contributed by atoms with Gasteiger partial charge in [0.25, 0.3) is 0 Å². The molecule has 2 N–H and O–H groups in total. The fourth-order valence-corrected chi connectivity index (χ4v) is 4.73. The van der Waals surface area contributed by atoms with Gasteiger partial charge in [-0.3, -0.25) is 9.59 Å². The lowest BCUT2D eigenvalue weighted by atomic mass is 9.88. The van der Waals surface area contributed by atoms with Crippen LogP contribution >= 0.6 is 0 Å². The second-order valence-corrected chi connectivity index (χ2v) is 9.67. The number of benzene rings is 1. The number of sulfone groups is 1. The third kappa shape index (κ3) is 6.32. The summed E-state index contributed by atoms with van der Waals surface area (Å²) in [6, 6.07) is 7.65. The molecular weight excluding hydrogens is 368 g/mol. The monoisotopic (exact) mass is 396 g/mol. The van der Waals surface area contributed by atoms with E-state index in [1.54, 1.807) is 0 Å². The molecule has 1 heterocycles. The van der Waals surface area contributed by atoms with Gasteiger partial charge in [0, 0.05) is 11.2 Å². The summed E-state index contributed by atoms with van der Waals surface area (Å²) in [5.74, 6) is -0.265. The molecule has 1 aliphatic heterocycles. The zero-order valence-electron chi connectivity index (χ0n) is 16.1. The molecule has 0 aliphatic carbocycles. The largest absolute Gasteiger partial charge is 0.469 e. The van der Waals surface area contributed by atoms with E-state index in [2.05, 4.69) is 24.5 Å². The predicted molar refractivity (Wildman–Crippen MR) is 104 cm³/mol. The van der Waals surface area contributed by atoms with Crippen molar-refractivity contribution < 1.29 is 22.7 Å². The number of hydrogen-bond donors (Lipinski definition) is 2. The van der Waals surface area contributed by atoms with Crippen LogP contribution in [0.2, 0.25) is 0 Å². The molecule has 27 heavy (non-hydrogen) atoms. The van der Waals surface area contributed by atoms with E-state index in [-0.39, 0.29) is 43.2 Å². The van der Waals surface area contributed by atoms with Crippen LogP contribution in [0.3, 0.4) is 0 Å². The summed E-state index contributed by atoms with van der Waals surface area (Å²) in [6.45, 7) is 4.19. The topological polar surface area (TPSA) is 102 Å². The standard InChI is InChI=1S/C19H28N2O5S/c1-14(2)15-4-6-16(7-5-15)21-17(22)13-20-19(12-18(23)26-3)8-10-27(24,25)11-9-19/h4-7,14,20H,8-13H2,1-3H3,(H,21,22). The van der Waals surface area contributed by atoms with E-state index >= 15 is 0 Å². The average molecular weight is 397 g/mol. The Morgan fingerprint density at radius 2 is 1.74 bits per heavy atom. The Kier molecular flexibility index (Phi) is 7.00. The van der Waals surface area contributed by atoms with Crippen molar-refractivity contribution in [3.63, 3.8) is 0 Å². The molecule has 7 nitrogen and oxygen atoms in total. The smallest absolute Gasteiger partial charge is 0.307 e. The molecule has 8 heteroatoms. The third-order valence-electron chi connectivity index (χ3n) is 4.98. The quantitative estimate of drug-likeness (QED) is 0.682. The Labute approximate surface area is 160 Å². The average Bonchev–Trinajstić information content (AvgIpc) is 2.63. The van der Waals surface area contributed by atoms with Crippen molar-refractivity contribution in [2.24, 2.45) is 0 Å². The molecular formula is C19H28N2O5S. The first-order valence-electron chi connectivity index (χ1n) is 9.07. The van der Waals surface area contributed by atoms with Gasteiger partial charge in [0.15, 0.2) is 0 Å². The second-order valence-electron chi connectivity index (χ2n) is 7.36. The Morgan fingerprint density at radius 3 is 2.26 bits per heavy atom. The number of amides is 1. The van der Waals surface area contributed by atoms with Crippen molar-refractivity contribution in [1.82, 2.24) is 5.32 Å². The summed E-state index contributed by atoms with van der Waals surface area (Å²) in [4.78, 5) is 24.0. The molecule has 0 radical (unpaired) electrons. The minimum atomic E-state index is -3.09. The SMILES string of the molecule is COC(=O)CC1(NCC(=O)Nc2ccc(C(C)C)cc2)CCS(=O)(=O)CC1. The molecule has 0 spiro atoms. The molecule has 0 bridgehead atoms. The van der Waals surface area contributed by atoms with Gasteiger partial charge in [-0.15, -0.1) is 0 Å². The summed E-state index contributed by atoms with van der Waals surface area (Å²) < 4.78 is 28.2. The van der Waals surface area contributed by atoms with Gasteiger partial charge >= 0.3 is 5.97 Å². The highest BCUT2D eigenvalue weighted by Gasteiger charge is 2.39. The Balaban J connectivity index is 1.97. The number of anilines is 1. The number of rotatable bonds is 7. The summed E-state index contributed by atoms with van der Waals surface area (Å²) in [5.41, 5.74) is 1.14. The minimum absolute atomic E-state index is 0.00468. The number of esters is 1.